The van der Waals surface area contributed by atoms with Gasteiger partial charge in [0, 0.05) is 6.08 Å². The molecular weight excluding hydrogens is 328 g/mol. The summed E-state index contributed by atoms with van der Waals surface area (Å²) in [5.41, 5.74) is 2.71. The van der Waals surface area contributed by atoms with Crippen molar-refractivity contribution < 1.29 is 14.0 Å². The van der Waals surface area contributed by atoms with Crippen molar-refractivity contribution in [3.8, 4) is 0 Å². The third kappa shape index (κ3) is 11.2. The zero-order valence-electron chi connectivity index (χ0n) is 17.6. The number of allylic oxidation sites excluding steroid dienone is 4. The quantitative estimate of drug-likeness (QED) is 0.152. The standard InChI is InChI=1S/C21H38O3Si/c1-18(13-10-9-11-16-20(22)23-6)14-12-15-19(2)17-24-25(7,8)21(3,4)5/h11,13,15-16H,9-10,12,14,17H2,1-8H3/b16-11+,18-13+,19-15+. The van der Waals surface area contributed by atoms with E-state index in [-0.39, 0.29) is 11.0 Å². The highest BCUT2D eigenvalue weighted by Gasteiger charge is 2.36. The Balaban J connectivity index is 4.14. The van der Waals surface area contributed by atoms with Gasteiger partial charge in [0.05, 0.1) is 13.7 Å². The lowest BCUT2D eigenvalue weighted by Gasteiger charge is -2.36. The smallest absolute Gasteiger partial charge is 0.330 e. The van der Waals surface area contributed by atoms with Gasteiger partial charge in [0.2, 0.25) is 0 Å². The molecule has 0 saturated carbocycles. The van der Waals surface area contributed by atoms with E-state index >= 15 is 0 Å². The summed E-state index contributed by atoms with van der Waals surface area (Å²) < 4.78 is 10.8. The van der Waals surface area contributed by atoms with Crippen LogP contribution in [-0.2, 0) is 14.0 Å². The SMILES string of the molecule is COC(=O)/C=C/CC/C=C(\C)CC/C=C(\C)CO[Si](C)(C)C(C)(C)C. The predicted octanol–water partition coefficient (Wildman–Crippen LogP) is 6.19. The highest BCUT2D eigenvalue weighted by molar-refractivity contribution is 6.74. The zero-order chi connectivity index (χ0) is 19.5. The molecule has 0 spiro atoms. The van der Waals surface area contributed by atoms with E-state index in [0.717, 1.165) is 32.3 Å². The van der Waals surface area contributed by atoms with Gasteiger partial charge in [0.15, 0.2) is 8.32 Å². The molecule has 3 nitrogen and oxygen atoms in total. The van der Waals surface area contributed by atoms with Crippen LogP contribution in [0.2, 0.25) is 18.1 Å². The van der Waals surface area contributed by atoms with Crippen LogP contribution < -0.4 is 0 Å². The molecule has 0 aliphatic rings. The summed E-state index contributed by atoms with van der Waals surface area (Å²) in [6.07, 6.45) is 11.8. The lowest BCUT2D eigenvalue weighted by molar-refractivity contribution is -0.134. The topological polar surface area (TPSA) is 35.5 Å². The Labute approximate surface area is 156 Å². The fourth-order valence-corrected chi connectivity index (χ4v) is 2.91. The van der Waals surface area contributed by atoms with Crippen LogP contribution in [0.25, 0.3) is 0 Å². The van der Waals surface area contributed by atoms with E-state index in [1.165, 1.54) is 24.3 Å². The number of ether oxygens (including phenoxy) is 1. The molecule has 0 aromatic heterocycles. The minimum absolute atomic E-state index is 0.259. The van der Waals surface area contributed by atoms with Crippen molar-refractivity contribution in [3.05, 3.63) is 35.5 Å². The number of rotatable bonds is 10. The molecule has 0 unspecified atom stereocenters. The first-order chi connectivity index (χ1) is 11.5. The van der Waals surface area contributed by atoms with Gasteiger partial charge in [0.25, 0.3) is 0 Å². The molecule has 144 valence electrons. The lowest BCUT2D eigenvalue weighted by atomic mass is 10.1. The summed E-state index contributed by atoms with van der Waals surface area (Å²) in [6, 6.07) is 0. The third-order valence-corrected chi connectivity index (χ3v) is 9.26. The van der Waals surface area contributed by atoms with Crippen molar-refractivity contribution in [2.24, 2.45) is 0 Å². The molecule has 0 aromatic rings. The predicted molar refractivity (Wildman–Crippen MR) is 110 cm³/mol. The Kier molecular flexibility index (Phi) is 11.0. The van der Waals surface area contributed by atoms with Crippen LogP contribution in [0.3, 0.4) is 0 Å². The van der Waals surface area contributed by atoms with Crippen LogP contribution in [0.1, 0.15) is 60.3 Å². The third-order valence-electron chi connectivity index (χ3n) is 4.78. The van der Waals surface area contributed by atoms with Gasteiger partial charge in [-0.1, -0.05) is 50.1 Å². The highest BCUT2D eigenvalue weighted by atomic mass is 28.4. The molecule has 0 fully saturated rings. The molecule has 0 aliphatic heterocycles. The first kappa shape index (κ1) is 23.9. The van der Waals surface area contributed by atoms with Crippen LogP contribution in [-0.4, -0.2) is 28.0 Å². The lowest BCUT2D eigenvalue weighted by Crippen LogP contribution is -2.41. The molecule has 0 bridgehead atoms. The Hall–Kier alpha value is -1.13. The van der Waals surface area contributed by atoms with E-state index in [1.807, 2.05) is 6.08 Å². The monoisotopic (exact) mass is 366 g/mol. The Bertz CT molecular complexity index is 494. The van der Waals surface area contributed by atoms with Crippen LogP contribution in [0.15, 0.2) is 35.5 Å². The number of hydrogen-bond acceptors (Lipinski definition) is 3. The van der Waals surface area contributed by atoms with Crippen molar-refractivity contribution in [1.82, 2.24) is 0 Å². The van der Waals surface area contributed by atoms with E-state index in [2.05, 4.69) is 64.6 Å². The van der Waals surface area contributed by atoms with Crippen LogP contribution in [0, 0.1) is 0 Å². The van der Waals surface area contributed by atoms with Gasteiger partial charge in [0.1, 0.15) is 0 Å². The second-order valence-electron chi connectivity index (χ2n) is 8.19. The van der Waals surface area contributed by atoms with Crippen LogP contribution in [0.4, 0.5) is 0 Å². The second kappa shape index (κ2) is 11.5. The van der Waals surface area contributed by atoms with Crippen molar-refractivity contribution in [2.75, 3.05) is 13.7 Å². The van der Waals surface area contributed by atoms with Crippen molar-refractivity contribution in [1.29, 1.82) is 0 Å². The Morgan fingerprint density at radius 3 is 2.16 bits per heavy atom. The molecule has 25 heavy (non-hydrogen) atoms. The van der Waals surface area contributed by atoms with Gasteiger partial charge < -0.3 is 9.16 Å². The normalized spacial score (nSPS) is 14.2. The second-order valence-corrected chi connectivity index (χ2v) is 13.0. The number of carbonyl (C=O) groups is 1. The number of methoxy groups -OCH3 is 1. The fourth-order valence-electron chi connectivity index (χ4n) is 1.89. The molecule has 0 radical (unpaired) electrons. The molecule has 0 N–H and O–H groups in total. The summed E-state index contributed by atoms with van der Waals surface area (Å²) in [7, 11) is -0.264. The maximum atomic E-state index is 10.9. The fraction of sp³-hybridized carbons (Fsp3) is 0.667. The largest absolute Gasteiger partial charge is 0.466 e. The molecule has 0 atom stereocenters. The molecule has 0 heterocycles. The Morgan fingerprint density at radius 1 is 1.00 bits per heavy atom. The summed E-state index contributed by atoms with van der Waals surface area (Å²) >= 11 is 0. The minimum atomic E-state index is -1.66. The summed E-state index contributed by atoms with van der Waals surface area (Å²) in [4.78, 5) is 10.9. The molecular formula is C21H38O3Si. The van der Waals surface area contributed by atoms with Crippen molar-refractivity contribution >= 4 is 14.3 Å². The van der Waals surface area contributed by atoms with Gasteiger partial charge in [-0.2, -0.15) is 0 Å². The number of hydrogen-bond donors (Lipinski definition) is 0. The summed E-state index contributed by atoms with van der Waals surface area (Å²) in [6.45, 7) is 16.5. The zero-order valence-corrected chi connectivity index (χ0v) is 18.6. The van der Waals surface area contributed by atoms with Gasteiger partial charge in [-0.15, -0.1) is 0 Å². The number of esters is 1. The van der Waals surface area contributed by atoms with Gasteiger partial charge in [-0.25, -0.2) is 4.79 Å². The summed E-state index contributed by atoms with van der Waals surface area (Å²) in [5.74, 6) is -0.291. The molecule has 0 aromatic carbocycles. The maximum Gasteiger partial charge on any atom is 0.330 e. The van der Waals surface area contributed by atoms with Crippen molar-refractivity contribution in [2.45, 2.75) is 78.4 Å². The number of carbonyl (C=O) groups excluding carboxylic acids is 1. The minimum Gasteiger partial charge on any atom is -0.466 e. The molecule has 0 rings (SSSR count). The molecule has 0 saturated heterocycles. The summed E-state index contributed by atoms with van der Waals surface area (Å²) in [5, 5.41) is 0.259. The van der Waals surface area contributed by atoms with Gasteiger partial charge in [-0.05, 0) is 57.7 Å². The average Bonchev–Trinajstić information content (AvgIpc) is 2.51. The van der Waals surface area contributed by atoms with E-state index < -0.39 is 8.32 Å². The van der Waals surface area contributed by atoms with Crippen molar-refractivity contribution in [3.63, 3.8) is 0 Å². The highest BCUT2D eigenvalue weighted by Crippen LogP contribution is 2.36. The van der Waals surface area contributed by atoms with E-state index in [9.17, 15) is 4.79 Å². The average molecular weight is 367 g/mol. The van der Waals surface area contributed by atoms with E-state index in [1.54, 1.807) is 0 Å². The molecule has 0 aliphatic carbocycles. The maximum absolute atomic E-state index is 10.9. The van der Waals surface area contributed by atoms with Gasteiger partial charge in [-0.3, -0.25) is 0 Å². The number of unbranched alkanes of at least 4 members (excludes halogenated alkanes) is 1. The first-order valence-electron chi connectivity index (χ1n) is 9.19. The van der Waals surface area contributed by atoms with E-state index in [4.69, 9.17) is 4.43 Å². The molecule has 0 amide bonds. The van der Waals surface area contributed by atoms with Crippen LogP contribution >= 0.6 is 0 Å². The first-order valence-corrected chi connectivity index (χ1v) is 12.1. The van der Waals surface area contributed by atoms with Gasteiger partial charge >= 0.3 is 5.97 Å². The molecule has 4 heteroatoms. The Morgan fingerprint density at radius 2 is 1.60 bits per heavy atom. The van der Waals surface area contributed by atoms with E-state index in [0.29, 0.717) is 0 Å². The van der Waals surface area contributed by atoms with Crippen LogP contribution in [0.5, 0.6) is 0 Å².